The second-order valence-electron chi connectivity index (χ2n) is 4.96. The smallest absolute Gasteiger partial charge is 0.126 e. The fourth-order valence-electron chi connectivity index (χ4n) is 2.49. The molecule has 17 heavy (non-hydrogen) atoms. The van der Waals surface area contributed by atoms with Gasteiger partial charge in [-0.25, -0.2) is 4.39 Å². The largest absolute Gasteiger partial charge is 0.314 e. The summed E-state index contributed by atoms with van der Waals surface area (Å²) >= 11 is 0. The number of nitrogens with one attached hydrogen (secondary N) is 1. The van der Waals surface area contributed by atoms with Gasteiger partial charge in [0.15, 0.2) is 0 Å². The standard InChI is InChI=1S/C14H20FN.ClH/c1-10(2)16-9-11-5-3-7-13-12(11)6-4-8-14(13)15;/h4,6,8,10-11,16H,3,5,7,9H2,1-2H3;1H. The van der Waals surface area contributed by atoms with Gasteiger partial charge in [-0.1, -0.05) is 26.0 Å². The zero-order valence-electron chi connectivity index (χ0n) is 10.5. The molecule has 1 unspecified atom stereocenters. The normalized spacial score (nSPS) is 18.7. The summed E-state index contributed by atoms with van der Waals surface area (Å²) in [6.07, 6.45) is 3.19. The van der Waals surface area contributed by atoms with Gasteiger partial charge in [0.1, 0.15) is 5.82 Å². The third-order valence-corrected chi connectivity index (χ3v) is 3.35. The fourth-order valence-corrected chi connectivity index (χ4v) is 2.49. The summed E-state index contributed by atoms with van der Waals surface area (Å²) in [5, 5.41) is 3.45. The van der Waals surface area contributed by atoms with E-state index in [0.717, 1.165) is 24.9 Å². The molecule has 0 radical (unpaired) electrons. The molecule has 0 saturated carbocycles. The van der Waals surface area contributed by atoms with E-state index in [0.29, 0.717) is 12.0 Å². The average molecular weight is 258 g/mol. The predicted molar refractivity (Wildman–Crippen MR) is 72.5 cm³/mol. The van der Waals surface area contributed by atoms with Crippen LogP contribution in [0.2, 0.25) is 0 Å². The molecule has 0 saturated heterocycles. The van der Waals surface area contributed by atoms with E-state index < -0.39 is 0 Å². The predicted octanol–water partition coefficient (Wildman–Crippen LogP) is 3.67. The molecule has 2 rings (SSSR count). The minimum absolute atomic E-state index is 0. The number of hydrogen-bond donors (Lipinski definition) is 1. The molecule has 1 aliphatic carbocycles. The van der Waals surface area contributed by atoms with Crippen LogP contribution in [0.15, 0.2) is 18.2 Å². The molecule has 1 atom stereocenters. The number of fused-ring (bicyclic) bond motifs is 1. The van der Waals surface area contributed by atoms with Crippen LogP contribution < -0.4 is 5.32 Å². The summed E-state index contributed by atoms with van der Waals surface area (Å²) in [5.41, 5.74) is 2.17. The Morgan fingerprint density at radius 2 is 2.18 bits per heavy atom. The Balaban J connectivity index is 0.00000144. The van der Waals surface area contributed by atoms with Crippen LogP contribution in [0, 0.1) is 5.82 Å². The lowest BCUT2D eigenvalue weighted by Gasteiger charge is -2.26. The number of rotatable bonds is 3. The highest BCUT2D eigenvalue weighted by molar-refractivity contribution is 5.85. The third-order valence-electron chi connectivity index (χ3n) is 3.35. The molecule has 1 aliphatic rings. The third kappa shape index (κ3) is 3.43. The van der Waals surface area contributed by atoms with Crippen LogP contribution in [-0.4, -0.2) is 12.6 Å². The molecular formula is C14H21ClFN. The van der Waals surface area contributed by atoms with Crippen LogP contribution in [0.5, 0.6) is 0 Å². The molecule has 1 aromatic rings. The van der Waals surface area contributed by atoms with Crippen molar-refractivity contribution in [3.05, 3.63) is 35.1 Å². The second-order valence-corrected chi connectivity index (χ2v) is 4.96. The van der Waals surface area contributed by atoms with Gasteiger partial charge in [-0.15, -0.1) is 12.4 Å². The zero-order chi connectivity index (χ0) is 11.5. The topological polar surface area (TPSA) is 12.0 Å². The van der Waals surface area contributed by atoms with Gasteiger partial charge in [0.25, 0.3) is 0 Å². The Hall–Kier alpha value is -0.600. The first kappa shape index (κ1) is 14.5. The van der Waals surface area contributed by atoms with Crippen LogP contribution in [0.4, 0.5) is 4.39 Å². The lowest BCUT2D eigenvalue weighted by Crippen LogP contribution is -2.29. The first-order valence-corrected chi connectivity index (χ1v) is 6.19. The molecule has 3 heteroatoms. The van der Waals surface area contributed by atoms with E-state index in [1.807, 2.05) is 6.07 Å². The van der Waals surface area contributed by atoms with Crippen molar-refractivity contribution in [3.63, 3.8) is 0 Å². The molecule has 0 aliphatic heterocycles. The average Bonchev–Trinajstić information content (AvgIpc) is 2.27. The van der Waals surface area contributed by atoms with Gasteiger partial charge in [-0.3, -0.25) is 0 Å². The minimum Gasteiger partial charge on any atom is -0.314 e. The van der Waals surface area contributed by atoms with Crippen molar-refractivity contribution in [1.82, 2.24) is 5.32 Å². The summed E-state index contributed by atoms with van der Waals surface area (Å²) in [6, 6.07) is 6.00. The number of halogens is 2. The number of benzene rings is 1. The van der Waals surface area contributed by atoms with Crippen molar-refractivity contribution in [1.29, 1.82) is 0 Å². The maximum absolute atomic E-state index is 13.6. The SMILES string of the molecule is CC(C)NCC1CCCc2c(F)cccc21.Cl. The molecular weight excluding hydrogens is 237 g/mol. The summed E-state index contributed by atoms with van der Waals surface area (Å²) < 4.78 is 13.6. The van der Waals surface area contributed by atoms with Crippen molar-refractivity contribution in [2.75, 3.05) is 6.54 Å². The quantitative estimate of drug-likeness (QED) is 0.871. The van der Waals surface area contributed by atoms with Crippen LogP contribution >= 0.6 is 12.4 Å². The van der Waals surface area contributed by atoms with Gasteiger partial charge in [0.05, 0.1) is 0 Å². The lowest BCUT2D eigenvalue weighted by atomic mass is 9.82. The Bertz CT molecular complexity index is 365. The van der Waals surface area contributed by atoms with Gasteiger partial charge in [-0.05, 0) is 42.4 Å². The molecule has 0 heterocycles. The molecule has 96 valence electrons. The van der Waals surface area contributed by atoms with Gasteiger partial charge in [-0.2, -0.15) is 0 Å². The highest BCUT2D eigenvalue weighted by Crippen LogP contribution is 2.32. The Labute approximate surface area is 109 Å². The van der Waals surface area contributed by atoms with Gasteiger partial charge in [0.2, 0.25) is 0 Å². The first-order valence-electron chi connectivity index (χ1n) is 6.19. The van der Waals surface area contributed by atoms with Gasteiger partial charge in [0, 0.05) is 12.6 Å². The summed E-state index contributed by atoms with van der Waals surface area (Å²) in [6.45, 7) is 5.26. The van der Waals surface area contributed by atoms with E-state index in [4.69, 9.17) is 0 Å². The summed E-state index contributed by atoms with van der Waals surface area (Å²) in [4.78, 5) is 0. The van der Waals surface area contributed by atoms with E-state index in [9.17, 15) is 4.39 Å². The van der Waals surface area contributed by atoms with E-state index in [1.165, 1.54) is 12.0 Å². The molecule has 1 nitrogen and oxygen atoms in total. The second kappa shape index (κ2) is 6.36. The Kier molecular flexibility index (Phi) is 5.41. The van der Waals surface area contributed by atoms with Crippen LogP contribution in [0.25, 0.3) is 0 Å². The molecule has 1 aromatic carbocycles. The molecule has 0 aromatic heterocycles. The van der Waals surface area contributed by atoms with Gasteiger partial charge >= 0.3 is 0 Å². The first-order chi connectivity index (χ1) is 7.68. The van der Waals surface area contributed by atoms with Crippen LogP contribution in [0.1, 0.15) is 43.7 Å². The van der Waals surface area contributed by atoms with Crippen molar-refractivity contribution in [3.8, 4) is 0 Å². The van der Waals surface area contributed by atoms with Crippen molar-refractivity contribution >= 4 is 12.4 Å². The van der Waals surface area contributed by atoms with E-state index in [-0.39, 0.29) is 18.2 Å². The molecule has 0 amide bonds. The minimum atomic E-state index is -0.0215. The van der Waals surface area contributed by atoms with E-state index in [2.05, 4.69) is 25.2 Å². The summed E-state index contributed by atoms with van der Waals surface area (Å²) in [5.74, 6) is 0.466. The lowest BCUT2D eigenvalue weighted by molar-refractivity contribution is 0.469. The molecule has 0 fully saturated rings. The van der Waals surface area contributed by atoms with Crippen molar-refractivity contribution in [2.24, 2.45) is 0 Å². The van der Waals surface area contributed by atoms with Crippen LogP contribution in [0.3, 0.4) is 0 Å². The number of hydrogen-bond acceptors (Lipinski definition) is 1. The molecule has 0 spiro atoms. The maximum atomic E-state index is 13.6. The van der Waals surface area contributed by atoms with E-state index in [1.54, 1.807) is 6.07 Å². The highest BCUT2D eigenvalue weighted by Gasteiger charge is 2.22. The van der Waals surface area contributed by atoms with Gasteiger partial charge < -0.3 is 5.32 Å². The maximum Gasteiger partial charge on any atom is 0.126 e. The Morgan fingerprint density at radius 1 is 1.41 bits per heavy atom. The molecule has 0 bridgehead atoms. The van der Waals surface area contributed by atoms with E-state index >= 15 is 0 Å². The fraction of sp³-hybridized carbons (Fsp3) is 0.571. The van der Waals surface area contributed by atoms with Crippen LogP contribution in [-0.2, 0) is 6.42 Å². The monoisotopic (exact) mass is 257 g/mol. The van der Waals surface area contributed by atoms with Crippen molar-refractivity contribution in [2.45, 2.75) is 45.1 Å². The summed E-state index contributed by atoms with van der Waals surface area (Å²) in [7, 11) is 0. The zero-order valence-corrected chi connectivity index (χ0v) is 11.3. The van der Waals surface area contributed by atoms with Crippen molar-refractivity contribution < 1.29 is 4.39 Å². The highest BCUT2D eigenvalue weighted by atomic mass is 35.5. The Morgan fingerprint density at radius 3 is 2.88 bits per heavy atom. The molecule has 1 N–H and O–H groups in total.